The van der Waals surface area contributed by atoms with Crippen LogP contribution in [0.3, 0.4) is 0 Å². The van der Waals surface area contributed by atoms with Crippen LogP contribution in [0.4, 0.5) is 0 Å². The van der Waals surface area contributed by atoms with E-state index >= 15 is 0 Å². The molecular weight excluding hydrogens is 456 g/mol. The van der Waals surface area contributed by atoms with Crippen LogP contribution in [0.2, 0.25) is 0 Å². The average Bonchev–Trinajstić information content (AvgIpc) is 2.79. The van der Waals surface area contributed by atoms with Crippen LogP contribution in [0.1, 0.15) is 111 Å². The van der Waals surface area contributed by atoms with Gasteiger partial charge in [0, 0.05) is 0 Å². The number of carboxylic acids is 1. The van der Waals surface area contributed by atoms with E-state index in [1.165, 1.54) is 32.1 Å². The Balaban J connectivity index is 2.63. The molecule has 0 spiro atoms. The number of ether oxygens (including phenoxy) is 3. The molecule has 1 rings (SSSR count). The van der Waals surface area contributed by atoms with Gasteiger partial charge in [0.2, 0.25) is 0 Å². The summed E-state index contributed by atoms with van der Waals surface area (Å²) in [6.45, 7) is 5.66. The number of carboxylic acid groups (broad SMARTS) is 1. The van der Waals surface area contributed by atoms with Crippen LogP contribution in [0, 0.1) is 0 Å². The molecule has 1 heterocycles. The number of aliphatic hydroxyl groups is 3. The number of aliphatic hydroxyl groups excluding tert-OH is 3. The third-order valence-electron chi connectivity index (χ3n) is 6.47. The number of hydrogen-bond acceptors (Lipinski definition) is 8. The van der Waals surface area contributed by atoms with Crippen molar-refractivity contribution in [3.8, 4) is 0 Å². The summed E-state index contributed by atoms with van der Waals surface area (Å²) in [6.07, 6.45) is 4.20. The molecule has 0 aliphatic carbocycles. The van der Waals surface area contributed by atoms with Gasteiger partial charge in [-0.15, -0.1) is 0 Å². The van der Waals surface area contributed by atoms with Crippen molar-refractivity contribution >= 4 is 11.9 Å². The number of carbonyl (C=O) groups is 2. The second-order valence-electron chi connectivity index (χ2n) is 9.76. The van der Waals surface area contributed by atoms with E-state index in [0.29, 0.717) is 19.3 Å². The number of carbonyl (C=O) groups excluding carboxylic acids is 1. The van der Waals surface area contributed by atoms with Crippen molar-refractivity contribution in [3.05, 3.63) is 0 Å². The fraction of sp³-hybridized carbons (Fsp3) is 0.923. The SMILES string of the molecule is CCCCCCCCCCC[C@@H](CC(=O)O[C@H](CCC)CC(=O)O)O[C@@H]1OC(C)[C@H](O)[C@H](O)C1O. The second kappa shape index (κ2) is 18.1. The highest BCUT2D eigenvalue weighted by Gasteiger charge is 2.43. The highest BCUT2D eigenvalue weighted by molar-refractivity contribution is 5.72. The van der Waals surface area contributed by atoms with Crippen molar-refractivity contribution in [3.63, 3.8) is 0 Å². The number of aliphatic carboxylic acids is 1. The van der Waals surface area contributed by atoms with Gasteiger partial charge in [-0.2, -0.15) is 0 Å². The molecule has 4 N–H and O–H groups in total. The first-order valence-electron chi connectivity index (χ1n) is 13.5. The minimum atomic E-state index is -1.46. The van der Waals surface area contributed by atoms with Crippen LogP contribution in [0.15, 0.2) is 0 Å². The van der Waals surface area contributed by atoms with Crippen molar-refractivity contribution < 1.29 is 44.2 Å². The van der Waals surface area contributed by atoms with Crippen LogP contribution in [0.5, 0.6) is 0 Å². The average molecular weight is 505 g/mol. The summed E-state index contributed by atoms with van der Waals surface area (Å²) in [6, 6.07) is 0. The van der Waals surface area contributed by atoms with Crippen molar-refractivity contribution in [1.82, 2.24) is 0 Å². The molecule has 2 unspecified atom stereocenters. The monoisotopic (exact) mass is 504 g/mol. The molecule has 7 atom stereocenters. The fourth-order valence-corrected chi connectivity index (χ4v) is 4.36. The third-order valence-corrected chi connectivity index (χ3v) is 6.47. The largest absolute Gasteiger partial charge is 0.481 e. The summed E-state index contributed by atoms with van der Waals surface area (Å²) in [5.74, 6) is -1.59. The van der Waals surface area contributed by atoms with E-state index in [-0.39, 0.29) is 12.8 Å². The zero-order chi connectivity index (χ0) is 26.2. The standard InChI is InChI=1S/C26H48O9/c1-4-6-7-8-9-10-11-12-13-15-20(17-22(29)34-19(14-5-2)16-21(27)28)35-26-25(32)24(31)23(30)18(3)33-26/h18-20,23-26,30-32H,4-17H2,1-3H3,(H,27,28)/t18?,19-,20+,23+,24+,25?,26+/m1/s1. The fourth-order valence-electron chi connectivity index (χ4n) is 4.36. The quantitative estimate of drug-likeness (QED) is 0.153. The van der Waals surface area contributed by atoms with E-state index in [1.54, 1.807) is 6.92 Å². The normalized spacial score (nSPS) is 26.3. The Hall–Kier alpha value is -1.26. The van der Waals surface area contributed by atoms with E-state index in [9.17, 15) is 24.9 Å². The summed E-state index contributed by atoms with van der Waals surface area (Å²) in [5, 5.41) is 39.4. The first-order valence-corrected chi connectivity index (χ1v) is 13.5. The van der Waals surface area contributed by atoms with Crippen molar-refractivity contribution in [2.45, 2.75) is 154 Å². The molecule has 0 aromatic rings. The summed E-state index contributed by atoms with van der Waals surface area (Å²) >= 11 is 0. The molecule has 206 valence electrons. The molecule has 0 aromatic heterocycles. The van der Waals surface area contributed by atoms with Crippen LogP contribution in [-0.4, -0.2) is 75.3 Å². The first-order chi connectivity index (χ1) is 16.7. The van der Waals surface area contributed by atoms with E-state index in [0.717, 1.165) is 25.7 Å². The molecule has 1 saturated heterocycles. The Morgan fingerprint density at radius 1 is 0.771 bits per heavy atom. The van der Waals surface area contributed by atoms with Gasteiger partial charge in [0.1, 0.15) is 24.4 Å². The number of rotatable bonds is 19. The van der Waals surface area contributed by atoms with Gasteiger partial charge in [-0.25, -0.2) is 0 Å². The second-order valence-corrected chi connectivity index (χ2v) is 9.76. The summed E-state index contributed by atoms with van der Waals surface area (Å²) < 4.78 is 16.8. The smallest absolute Gasteiger partial charge is 0.308 e. The van der Waals surface area contributed by atoms with Gasteiger partial charge in [-0.1, -0.05) is 78.1 Å². The van der Waals surface area contributed by atoms with Gasteiger partial charge >= 0.3 is 11.9 Å². The van der Waals surface area contributed by atoms with Gasteiger partial charge in [0.25, 0.3) is 0 Å². The van der Waals surface area contributed by atoms with Crippen molar-refractivity contribution in [1.29, 1.82) is 0 Å². The minimum absolute atomic E-state index is 0.115. The van der Waals surface area contributed by atoms with E-state index < -0.39 is 54.9 Å². The molecule has 0 bridgehead atoms. The van der Waals surface area contributed by atoms with Gasteiger partial charge in [0.15, 0.2) is 6.29 Å². The summed E-state index contributed by atoms with van der Waals surface area (Å²) in [5.41, 5.74) is 0. The maximum absolute atomic E-state index is 12.6. The van der Waals surface area contributed by atoms with E-state index in [4.69, 9.17) is 19.3 Å². The van der Waals surface area contributed by atoms with Crippen LogP contribution in [-0.2, 0) is 23.8 Å². The number of unbranched alkanes of at least 4 members (excludes halogenated alkanes) is 8. The Labute approximate surface area is 210 Å². The molecule has 35 heavy (non-hydrogen) atoms. The first kappa shape index (κ1) is 31.8. The zero-order valence-corrected chi connectivity index (χ0v) is 21.8. The minimum Gasteiger partial charge on any atom is -0.481 e. The van der Waals surface area contributed by atoms with Crippen molar-refractivity contribution in [2.75, 3.05) is 0 Å². The summed E-state index contributed by atoms with van der Waals surface area (Å²) in [4.78, 5) is 23.7. The molecular formula is C26H48O9. The van der Waals surface area contributed by atoms with Crippen molar-refractivity contribution in [2.24, 2.45) is 0 Å². The molecule has 0 aromatic carbocycles. The van der Waals surface area contributed by atoms with Gasteiger partial charge in [-0.05, 0) is 19.8 Å². The third kappa shape index (κ3) is 13.0. The molecule has 1 aliphatic rings. The molecule has 1 fully saturated rings. The lowest BCUT2D eigenvalue weighted by Gasteiger charge is -2.40. The predicted octanol–water partition coefficient (Wildman–Crippen LogP) is 3.70. The molecule has 0 amide bonds. The van der Waals surface area contributed by atoms with E-state index in [1.807, 2.05) is 6.92 Å². The molecule has 0 radical (unpaired) electrons. The molecule has 0 saturated carbocycles. The number of esters is 1. The lowest BCUT2D eigenvalue weighted by Crippen LogP contribution is -2.58. The molecule has 1 aliphatic heterocycles. The summed E-state index contributed by atoms with van der Waals surface area (Å²) in [7, 11) is 0. The van der Waals surface area contributed by atoms with Crippen LogP contribution in [0.25, 0.3) is 0 Å². The predicted molar refractivity (Wildman–Crippen MR) is 131 cm³/mol. The maximum Gasteiger partial charge on any atom is 0.308 e. The Morgan fingerprint density at radius 2 is 1.37 bits per heavy atom. The highest BCUT2D eigenvalue weighted by atomic mass is 16.7. The Kier molecular flexibility index (Phi) is 16.4. The lowest BCUT2D eigenvalue weighted by molar-refractivity contribution is -0.304. The van der Waals surface area contributed by atoms with Crippen LogP contribution >= 0.6 is 0 Å². The Morgan fingerprint density at radius 3 is 1.94 bits per heavy atom. The Bertz CT molecular complexity index is 585. The topological polar surface area (TPSA) is 143 Å². The van der Waals surface area contributed by atoms with Gasteiger partial charge in [-0.3, -0.25) is 9.59 Å². The maximum atomic E-state index is 12.6. The highest BCUT2D eigenvalue weighted by Crippen LogP contribution is 2.25. The molecule has 9 nitrogen and oxygen atoms in total. The molecule has 9 heteroatoms. The van der Waals surface area contributed by atoms with Crippen LogP contribution < -0.4 is 0 Å². The van der Waals surface area contributed by atoms with Gasteiger partial charge in [0.05, 0.1) is 25.0 Å². The van der Waals surface area contributed by atoms with Gasteiger partial charge < -0.3 is 34.6 Å². The lowest BCUT2D eigenvalue weighted by atomic mass is 9.99. The number of hydrogen-bond donors (Lipinski definition) is 4. The zero-order valence-electron chi connectivity index (χ0n) is 21.8. The van der Waals surface area contributed by atoms with E-state index in [2.05, 4.69) is 6.92 Å².